The number of thiazole rings is 1. The SMILES string of the molecule is Cc1ccc(F)cc1Nc1nc(C)c(C(=O)O)s1. The summed E-state index contributed by atoms with van der Waals surface area (Å²) in [6, 6.07) is 4.37. The number of rotatable bonds is 3. The maximum absolute atomic E-state index is 13.1. The Morgan fingerprint density at radius 1 is 1.44 bits per heavy atom. The molecule has 2 aromatic rings. The van der Waals surface area contributed by atoms with E-state index in [0.29, 0.717) is 16.5 Å². The van der Waals surface area contributed by atoms with Gasteiger partial charge in [0.15, 0.2) is 5.13 Å². The maximum Gasteiger partial charge on any atom is 0.347 e. The average molecular weight is 266 g/mol. The van der Waals surface area contributed by atoms with Gasteiger partial charge in [-0.2, -0.15) is 0 Å². The Bertz CT molecular complexity index is 610. The van der Waals surface area contributed by atoms with Crippen molar-refractivity contribution in [1.82, 2.24) is 4.98 Å². The lowest BCUT2D eigenvalue weighted by molar-refractivity contribution is 0.0701. The molecule has 1 aromatic carbocycles. The van der Waals surface area contributed by atoms with Crippen molar-refractivity contribution in [2.75, 3.05) is 5.32 Å². The third-order valence-electron chi connectivity index (χ3n) is 2.43. The van der Waals surface area contributed by atoms with E-state index in [-0.39, 0.29) is 10.7 Å². The molecule has 18 heavy (non-hydrogen) atoms. The number of hydrogen-bond acceptors (Lipinski definition) is 4. The molecule has 0 aliphatic carbocycles. The van der Waals surface area contributed by atoms with Crippen molar-refractivity contribution in [3.05, 3.63) is 40.2 Å². The fourth-order valence-corrected chi connectivity index (χ4v) is 2.31. The molecule has 0 atom stereocenters. The van der Waals surface area contributed by atoms with Crippen LogP contribution >= 0.6 is 11.3 Å². The van der Waals surface area contributed by atoms with Crippen LogP contribution in [-0.2, 0) is 0 Å². The van der Waals surface area contributed by atoms with Gasteiger partial charge in [0, 0.05) is 5.69 Å². The van der Waals surface area contributed by atoms with E-state index in [1.807, 2.05) is 6.92 Å². The molecule has 0 fully saturated rings. The number of aryl methyl sites for hydroxylation is 2. The average Bonchev–Trinajstić information content (AvgIpc) is 2.65. The standard InChI is InChI=1S/C12H11FN2O2S/c1-6-3-4-8(13)5-9(6)15-12-14-7(2)10(18-12)11(16)17/h3-5H,1-2H3,(H,14,15)(H,16,17). The van der Waals surface area contributed by atoms with Crippen LogP contribution in [0.15, 0.2) is 18.2 Å². The van der Waals surface area contributed by atoms with Crippen molar-refractivity contribution in [2.24, 2.45) is 0 Å². The summed E-state index contributed by atoms with van der Waals surface area (Å²) in [6.07, 6.45) is 0. The van der Waals surface area contributed by atoms with Crippen LogP contribution in [0, 0.1) is 19.7 Å². The van der Waals surface area contributed by atoms with Gasteiger partial charge in [0.25, 0.3) is 0 Å². The van der Waals surface area contributed by atoms with Gasteiger partial charge in [-0.05, 0) is 31.5 Å². The molecular formula is C12H11FN2O2S. The summed E-state index contributed by atoms with van der Waals surface area (Å²) in [7, 11) is 0. The molecule has 6 heteroatoms. The second-order valence-corrected chi connectivity index (χ2v) is 4.82. The van der Waals surface area contributed by atoms with Crippen molar-refractivity contribution in [3.8, 4) is 0 Å². The molecule has 94 valence electrons. The Morgan fingerprint density at radius 2 is 2.17 bits per heavy atom. The van der Waals surface area contributed by atoms with Gasteiger partial charge in [-0.15, -0.1) is 0 Å². The Hall–Kier alpha value is -1.95. The summed E-state index contributed by atoms with van der Waals surface area (Å²) >= 11 is 1.03. The number of carboxylic acid groups (broad SMARTS) is 1. The molecule has 0 bridgehead atoms. The number of halogens is 1. The lowest BCUT2D eigenvalue weighted by Crippen LogP contribution is -1.94. The normalized spacial score (nSPS) is 10.4. The summed E-state index contributed by atoms with van der Waals surface area (Å²) in [5.74, 6) is -1.36. The van der Waals surface area contributed by atoms with Gasteiger partial charge < -0.3 is 10.4 Å². The molecule has 0 radical (unpaired) electrons. The molecule has 0 aliphatic heterocycles. The molecule has 0 unspecified atom stereocenters. The van der Waals surface area contributed by atoms with Crippen LogP contribution < -0.4 is 5.32 Å². The van der Waals surface area contributed by atoms with Gasteiger partial charge in [-0.25, -0.2) is 14.2 Å². The van der Waals surface area contributed by atoms with E-state index in [2.05, 4.69) is 10.3 Å². The second-order valence-electron chi connectivity index (χ2n) is 3.82. The van der Waals surface area contributed by atoms with Crippen LogP contribution in [0.5, 0.6) is 0 Å². The molecule has 0 saturated heterocycles. The van der Waals surface area contributed by atoms with Crippen molar-refractivity contribution in [3.63, 3.8) is 0 Å². The van der Waals surface area contributed by atoms with Gasteiger partial charge in [0.05, 0.1) is 5.69 Å². The van der Waals surface area contributed by atoms with Crippen molar-refractivity contribution < 1.29 is 14.3 Å². The lowest BCUT2D eigenvalue weighted by Gasteiger charge is -2.06. The van der Waals surface area contributed by atoms with Crippen molar-refractivity contribution in [1.29, 1.82) is 0 Å². The van der Waals surface area contributed by atoms with E-state index in [4.69, 9.17) is 5.11 Å². The highest BCUT2D eigenvalue weighted by molar-refractivity contribution is 7.17. The quantitative estimate of drug-likeness (QED) is 0.894. The summed E-state index contributed by atoms with van der Waals surface area (Å²) < 4.78 is 13.1. The van der Waals surface area contributed by atoms with Gasteiger partial charge in [0.1, 0.15) is 10.7 Å². The van der Waals surface area contributed by atoms with Crippen LogP contribution in [0.4, 0.5) is 15.2 Å². The smallest absolute Gasteiger partial charge is 0.347 e. The van der Waals surface area contributed by atoms with E-state index in [0.717, 1.165) is 16.9 Å². The second kappa shape index (κ2) is 4.73. The van der Waals surface area contributed by atoms with Crippen LogP contribution in [0.25, 0.3) is 0 Å². The Kier molecular flexibility index (Phi) is 3.29. The van der Waals surface area contributed by atoms with E-state index < -0.39 is 5.97 Å². The summed E-state index contributed by atoms with van der Waals surface area (Å²) in [6.45, 7) is 3.46. The minimum atomic E-state index is -1.01. The summed E-state index contributed by atoms with van der Waals surface area (Å²) in [4.78, 5) is 15.2. The maximum atomic E-state index is 13.1. The zero-order chi connectivity index (χ0) is 13.3. The minimum absolute atomic E-state index is 0.187. The van der Waals surface area contributed by atoms with Crippen LogP contribution in [0.1, 0.15) is 20.9 Å². The Labute approximate surface area is 107 Å². The number of anilines is 2. The van der Waals surface area contributed by atoms with Crippen LogP contribution in [-0.4, -0.2) is 16.1 Å². The molecule has 0 saturated carbocycles. The molecule has 1 aromatic heterocycles. The predicted molar refractivity (Wildman–Crippen MR) is 68.2 cm³/mol. The highest BCUT2D eigenvalue weighted by Gasteiger charge is 2.14. The number of hydrogen-bond donors (Lipinski definition) is 2. The monoisotopic (exact) mass is 266 g/mol. The van der Waals surface area contributed by atoms with Crippen molar-refractivity contribution >= 4 is 28.1 Å². The van der Waals surface area contributed by atoms with E-state index in [9.17, 15) is 9.18 Å². The van der Waals surface area contributed by atoms with Crippen LogP contribution in [0.3, 0.4) is 0 Å². The fourth-order valence-electron chi connectivity index (χ4n) is 1.49. The molecule has 2 rings (SSSR count). The van der Waals surface area contributed by atoms with E-state index in [1.54, 1.807) is 13.0 Å². The van der Waals surface area contributed by atoms with Gasteiger partial charge in [-0.3, -0.25) is 0 Å². The number of nitrogens with one attached hydrogen (secondary N) is 1. The minimum Gasteiger partial charge on any atom is -0.477 e. The van der Waals surface area contributed by atoms with E-state index in [1.165, 1.54) is 12.1 Å². The Balaban J connectivity index is 2.31. The summed E-state index contributed by atoms with van der Waals surface area (Å²) in [5, 5.41) is 12.3. The van der Waals surface area contributed by atoms with Gasteiger partial charge in [-0.1, -0.05) is 17.4 Å². The number of aromatic nitrogens is 1. The largest absolute Gasteiger partial charge is 0.477 e. The topological polar surface area (TPSA) is 62.2 Å². The number of aromatic carboxylic acids is 1. The lowest BCUT2D eigenvalue weighted by atomic mass is 10.2. The van der Waals surface area contributed by atoms with E-state index >= 15 is 0 Å². The Morgan fingerprint density at radius 3 is 2.78 bits per heavy atom. The van der Waals surface area contributed by atoms with Gasteiger partial charge >= 0.3 is 5.97 Å². The summed E-state index contributed by atoms with van der Waals surface area (Å²) in [5.41, 5.74) is 1.89. The number of nitrogens with zero attached hydrogens (tertiary/aromatic N) is 1. The molecule has 1 heterocycles. The van der Waals surface area contributed by atoms with Crippen molar-refractivity contribution in [2.45, 2.75) is 13.8 Å². The molecule has 4 nitrogen and oxygen atoms in total. The highest BCUT2D eigenvalue weighted by atomic mass is 32.1. The zero-order valence-corrected chi connectivity index (χ0v) is 10.6. The first-order valence-corrected chi connectivity index (χ1v) is 6.03. The third-order valence-corrected chi connectivity index (χ3v) is 3.49. The first kappa shape index (κ1) is 12.5. The highest BCUT2D eigenvalue weighted by Crippen LogP contribution is 2.27. The number of carboxylic acids is 1. The van der Waals surface area contributed by atoms with Crippen LogP contribution in [0.2, 0.25) is 0 Å². The van der Waals surface area contributed by atoms with Gasteiger partial charge in [0.2, 0.25) is 0 Å². The zero-order valence-electron chi connectivity index (χ0n) is 9.82. The molecule has 0 aliphatic rings. The number of carbonyl (C=O) groups is 1. The fraction of sp³-hybridized carbons (Fsp3) is 0.167. The number of benzene rings is 1. The molecule has 0 spiro atoms. The first-order chi connectivity index (χ1) is 8.47. The first-order valence-electron chi connectivity index (χ1n) is 5.21. The molecular weight excluding hydrogens is 255 g/mol. The third kappa shape index (κ3) is 2.48. The predicted octanol–water partition coefficient (Wildman–Crippen LogP) is 3.34. The molecule has 2 N–H and O–H groups in total. The molecule has 0 amide bonds.